The Bertz CT molecular complexity index is 353. The van der Waals surface area contributed by atoms with Crippen LogP contribution < -0.4 is 11.1 Å². The molecule has 5 heteroatoms. The first-order chi connectivity index (χ1) is 6.50. The molecule has 84 valence electrons. The second-order valence-electron chi connectivity index (χ2n) is 3.24. The number of anilines is 1. The predicted molar refractivity (Wildman–Crippen MR) is 65.7 cm³/mol. The second-order valence-corrected chi connectivity index (χ2v) is 3.67. The van der Waals surface area contributed by atoms with Crippen LogP contribution in [0.25, 0.3) is 0 Å². The minimum absolute atomic E-state index is 0. The summed E-state index contributed by atoms with van der Waals surface area (Å²) in [4.78, 5) is 11.3. The Hall–Kier alpha value is -0.770. The fraction of sp³-hybridized carbons (Fsp3) is 0.300. The van der Waals surface area contributed by atoms with Gasteiger partial charge in [-0.25, -0.2) is 0 Å². The monoisotopic (exact) mass is 248 g/mol. The van der Waals surface area contributed by atoms with Gasteiger partial charge in [-0.05, 0) is 31.5 Å². The highest BCUT2D eigenvalue weighted by Gasteiger charge is 2.08. The standard InChI is InChI=1S/C10H13ClN2O.ClH/c1-6-3-4-8(11)5-9(6)13-10(14)7(2)12;/h3-5,7H,12H2,1-2H3,(H,13,14);1H/t7-;/m1./s1. The summed E-state index contributed by atoms with van der Waals surface area (Å²) in [6.07, 6.45) is 0. The van der Waals surface area contributed by atoms with E-state index in [1.165, 1.54) is 0 Å². The molecule has 15 heavy (non-hydrogen) atoms. The summed E-state index contributed by atoms with van der Waals surface area (Å²) in [6, 6.07) is 4.81. The van der Waals surface area contributed by atoms with Gasteiger partial charge in [0.2, 0.25) is 5.91 Å². The van der Waals surface area contributed by atoms with Crippen LogP contribution in [-0.4, -0.2) is 11.9 Å². The van der Waals surface area contributed by atoms with E-state index >= 15 is 0 Å². The molecule has 0 heterocycles. The molecule has 1 atom stereocenters. The molecule has 0 saturated heterocycles. The topological polar surface area (TPSA) is 55.1 Å². The molecule has 0 fully saturated rings. The first-order valence-corrected chi connectivity index (χ1v) is 4.71. The minimum atomic E-state index is -0.520. The summed E-state index contributed by atoms with van der Waals surface area (Å²) in [5.74, 6) is -0.213. The number of carbonyl (C=O) groups is 1. The zero-order chi connectivity index (χ0) is 10.7. The van der Waals surface area contributed by atoms with E-state index in [0.717, 1.165) is 5.56 Å². The van der Waals surface area contributed by atoms with Gasteiger partial charge in [0.15, 0.2) is 0 Å². The van der Waals surface area contributed by atoms with Crippen LogP contribution in [0.1, 0.15) is 12.5 Å². The Morgan fingerprint density at radius 1 is 1.53 bits per heavy atom. The maximum absolute atomic E-state index is 11.3. The fourth-order valence-corrected chi connectivity index (χ4v) is 1.15. The molecule has 1 aromatic rings. The van der Waals surface area contributed by atoms with Crippen molar-refractivity contribution < 1.29 is 4.79 Å². The minimum Gasteiger partial charge on any atom is -0.324 e. The lowest BCUT2D eigenvalue weighted by atomic mass is 10.2. The summed E-state index contributed by atoms with van der Waals surface area (Å²) < 4.78 is 0. The Balaban J connectivity index is 0.00000196. The molecule has 0 spiro atoms. The van der Waals surface area contributed by atoms with Crippen molar-refractivity contribution in [3.8, 4) is 0 Å². The SMILES string of the molecule is Cc1ccc(Cl)cc1NC(=O)[C@@H](C)N.Cl. The van der Waals surface area contributed by atoms with E-state index < -0.39 is 6.04 Å². The van der Waals surface area contributed by atoms with Gasteiger partial charge in [-0.15, -0.1) is 12.4 Å². The Kier molecular flexibility index (Phi) is 5.65. The van der Waals surface area contributed by atoms with E-state index in [4.69, 9.17) is 17.3 Å². The lowest BCUT2D eigenvalue weighted by Gasteiger charge is -2.10. The third kappa shape index (κ3) is 4.08. The van der Waals surface area contributed by atoms with Gasteiger partial charge in [0.05, 0.1) is 6.04 Å². The molecule has 0 aliphatic carbocycles. The number of carbonyl (C=O) groups excluding carboxylic acids is 1. The number of rotatable bonds is 2. The van der Waals surface area contributed by atoms with Crippen molar-refractivity contribution in [2.45, 2.75) is 19.9 Å². The van der Waals surface area contributed by atoms with Gasteiger partial charge in [0, 0.05) is 10.7 Å². The molecular formula is C10H14Cl2N2O. The van der Waals surface area contributed by atoms with Gasteiger partial charge < -0.3 is 11.1 Å². The number of aryl methyl sites for hydroxylation is 1. The summed E-state index contributed by atoms with van der Waals surface area (Å²) in [7, 11) is 0. The maximum Gasteiger partial charge on any atom is 0.241 e. The lowest BCUT2D eigenvalue weighted by molar-refractivity contribution is -0.117. The van der Waals surface area contributed by atoms with Crippen LogP contribution in [-0.2, 0) is 4.79 Å². The van der Waals surface area contributed by atoms with Crippen molar-refractivity contribution in [3.05, 3.63) is 28.8 Å². The highest BCUT2D eigenvalue weighted by Crippen LogP contribution is 2.20. The van der Waals surface area contributed by atoms with Gasteiger partial charge in [0.1, 0.15) is 0 Å². The number of nitrogens with two attached hydrogens (primary N) is 1. The highest BCUT2D eigenvalue weighted by molar-refractivity contribution is 6.31. The summed E-state index contributed by atoms with van der Waals surface area (Å²) in [5, 5.41) is 3.30. The van der Waals surface area contributed by atoms with E-state index in [2.05, 4.69) is 5.32 Å². The third-order valence-electron chi connectivity index (χ3n) is 1.87. The van der Waals surface area contributed by atoms with Crippen molar-refractivity contribution in [1.29, 1.82) is 0 Å². The van der Waals surface area contributed by atoms with Crippen LogP contribution in [0.2, 0.25) is 5.02 Å². The van der Waals surface area contributed by atoms with Gasteiger partial charge in [-0.3, -0.25) is 4.79 Å². The van der Waals surface area contributed by atoms with Crippen molar-refractivity contribution in [1.82, 2.24) is 0 Å². The summed E-state index contributed by atoms with van der Waals surface area (Å²) >= 11 is 5.80. The molecule has 0 bridgehead atoms. The van der Waals surface area contributed by atoms with Gasteiger partial charge >= 0.3 is 0 Å². The van der Waals surface area contributed by atoms with Crippen molar-refractivity contribution in [2.75, 3.05) is 5.32 Å². The number of nitrogens with one attached hydrogen (secondary N) is 1. The number of hydrogen-bond donors (Lipinski definition) is 2. The van der Waals surface area contributed by atoms with E-state index in [1.807, 2.05) is 13.0 Å². The van der Waals surface area contributed by atoms with Crippen LogP contribution in [0.15, 0.2) is 18.2 Å². The van der Waals surface area contributed by atoms with Crippen molar-refractivity contribution in [3.63, 3.8) is 0 Å². The third-order valence-corrected chi connectivity index (χ3v) is 2.11. The maximum atomic E-state index is 11.3. The van der Waals surface area contributed by atoms with E-state index in [0.29, 0.717) is 10.7 Å². The zero-order valence-electron chi connectivity index (χ0n) is 8.58. The average Bonchev–Trinajstić information content (AvgIpc) is 2.11. The number of benzene rings is 1. The molecule has 3 N–H and O–H groups in total. The molecule has 0 aromatic heterocycles. The first kappa shape index (κ1) is 14.2. The van der Waals surface area contributed by atoms with E-state index in [-0.39, 0.29) is 18.3 Å². The predicted octanol–water partition coefficient (Wildman–Crippen LogP) is 2.36. The van der Waals surface area contributed by atoms with Crippen molar-refractivity contribution in [2.24, 2.45) is 5.73 Å². The van der Waals surface area contributed by atoms with Crippen LogP contribution in [0, 0.1) is 6.92 Å². The molecule has 0 radical (unpaired) electrons. The largest absolute Gasteiger partial charge is 0.324 e. The molecule has 0 aliphatic heterocycles. The van der Waals surface area contributed by atoms with Crippen molar-refractivity contribution >= 4 is 35.6 Å². The van der Waals surface area contributed by atoms with Crippen LogP contribution in [0.5, 0.6) is 0 Å². The second kappa shape index (κ2) is 5.95. The van der Waals surface area contributed by atoms with Crippen LogP contribution in [0.4, 0.5) is 5.69 Å². The van der Waals surface area contributed by atoms with Crippen LogP contribution in [0.3, 0.4) is 0 Å². The smallest absolute Gasteiger partial charge is 0.241 e. The van der Waals surface area contributed by atoms with Crippen LogP contribution >= 0.6 is 24.0 Å². The van der Waals surface area contributed by atoms with E-state index in [9.17, 15) is 4.79 Å². The molecule has 0 aliphatic rings. The molecule has 1 aromatic carbocycles. The number of hydrogen-bond acceptors (Lipinski definition) is 2. The van der Waals surface area contributed by atoms with Gasteiger partial charge in [0.25, 0.3) is 0 Å². The lowest BCUT2D eigenvalue weighted by Crippen LogP contribution is -2.32. The number of amides is 1. The Labute approximate surface area is 100 Å². The average molecular weight is 249 g/mol. The normalized spacial score (nSPS) is 11.5. The Morgan fingerprint density at radius 2 is 2.13 bits per heavy atom. The molecule has 1 rings (SSSR count). The molecule has 3 nitrogen and oxygen atoms in total. The highest BCUT2D eigenvalue weighted by atomic mass is 35.5. The Morgan fingerprint density at radius 3 is 2.67 bits per heavy atom. The number of halogens is 2. The van der Waals surface area contributed by atoms with E-state index in [1.54, 1.807) is 19.1 Å². The molecular weight excluding hydrogens is 235 g/mol. The first-order valence-electron chi connectivity index (χ1n) is 4.33. The molecule has 0 unspecified atom stereocenters. The molecule has 0 saturated carbocycles. The van der Waals surface area contributed by atoms with Gasteiger partial charge in [-0.2, -0.15) is 0 Å². The summed E-state index contributed by atoms with van der Waals surface area (Å²) in [6.45, 7) is 3.53. The fourth-order valence-electron chi connectivity index (χ4n) is 0.975. The quantitative estimate of drug-likeness (QED) is 0.845. The van der Waals surface area contributed by atoms with Gasteiger partial charge in [-0.1, -0.05) is 17.7 Å². The zero-order valence-corrected chi connectivity index (χ0v) is 10.2. The summed E-state index contributed by atoms with van der Waals surface area (Å²) in [5.41, 5.74) is 7.10. The molecule has 1 amide bonds.